The molecule has 9 heteroatoms. The normalized spacial score (nSPS) is 23.5. The van der Waals surface area contributed by atoms with E-state index in [1.165, 1.54) is 16.7 Å². The van der Waals surface area contributed by atoms with Gasteiger partial charge >= 0.3 is 12.1 Å². The van der Waals surface area contributed by atoms with Gasteiger partial charge in [-0.05, 0) is 24.5 Å². The number of rotatable bonds is 8. The fourth-order valence-electron chi connectivity index (χ4n) is 5.12. The fourth-order valence-corrected chi connectivity index (χ4v) is 6.56. The molecule has 2 aromatic rings. The number of β-lactam (4-membered cyclic amide) rings is 1. The Labute approximate surface area is 220 Å². The number of carbonyl (C=O) groups excluding carboxylic acids is 3. The average molecular weight is 523 g/mol. The number of esters is 1. The highest BCUT2D eigenvalue weighted by Crippen LogP contribution is 2.49. The number of ether oxygens (including phenoxy) is 2. The van der Waals surface area contributed by atoms with Crippen LogP contribution in [0.15, 0.2) is 71.3 Å². The number of hydrogen-bond acceptors (Lipinski definition) is 7. The van der Waals surface area contributed by atoms with Crippen LogP contribution in [0.25, 0.3) is 0 Å². The van der Waals surface area contributed by atoms with E-state index >= 15 is 0 Å². The van der Waals surface area contributed by atoms with Gasteiger partial charge in [0.2, 0.25) is 5.91 Å². The zero-order valence-corrected chi connectivity index (χ0v) is 21.4. The summed E-state index contributed by atoms with van der Waals surface area (Å²) in [4.78, 5) is 42.6. The van der Waals surface area contributed by atoms with E-state index < -0.39 is 18.0 Å². The van der Waals surface area contributed by atoms with Gasteiger partial charge < -0.3 is 24.4 Å². The van der Waals surface area contributed by atoms with Crippen LogP contribution >= 0.6 is 11.8 Å². The number of aliphatic hydroxyl groups is 1. The molecule has 2 aromatic carbocycles. The third-order valence-electron chi connectivity index (χ3n) is 7.01. The van der Waals surface area contributed by atoms with Gasteiger partial charge in [0.05, 0.1) is 18.1 Å². The molecule has 2 fully saturated rings. The minimum Gasteiger partial charge on any atom is -0.456 e. The molecule has 8 nitrogen and oxygen atoms in total. The molecule has 0 radical (unpaired) electrons. The predicted octanol–water partition coefficient (Wildman–Crippen LogP) is 3.70. The predicted molar refractivity (Wildman–Crippen MR) is 138 cm³/mol. The summed E-state index contributed by atoms with van der Waals surface area (Å²) in [7, 11) is 0. The molecule has 1 N–H and O–H groups in total. The van der Waals surface area contributed by atoms with Crippen molar-refractivity contribution in [2.45, 2.75) is 50.4 Å². The maximum Gasteiger partial charge on any atom is 0.410 e. The average Bonchev–Trinajstić information content (AvgIpc) is 3.50. The molecule has 0 aromatic heterocycles. The van der Waals surface area contributed by atoms with E-state index in [1.807, 2.05) is 60.7 Å². The third-order valence-corrected chi connectivity index (χ3v) is 8.37. The van der Waals surface area contributed by atoms with Crippen LogP contribution in [0, 0.1) is 5.92 Å². The minimum atomic E-state index is -0.791. The van der Waals surface area contributed by atoms with Crippen LogP contribution in [0.1, 0.15) is 30.9 Å². The quantitative estimate of drug-likeness (QED) is 0.417. The molecule has 4 atom stereocenters. The second kappa shape index (κ2) is 11.0. The SMILES string of the molecule is C[C@@H](O)[C@H]1C(=O)N2C(C(=O)OCc3ccccc3)=C(S[C@H]3CCN(C(=O)OCc4ccccc4)C3)C[C@H]12. The molecule has 0 saturated carbocycles. The lowest BCUT2D eigenvalue weighted by atomic mass is 9.83. The number of hydrogen-bond donors (Lipinski definition) is 1. The molecule has 194 valence electrons. The Morgan fingerprint density at radius 1 is 1.03 bits per heavy atom. The summed E-state index contributed by atoms with van der Waals surface area (Å²) in [6, 6.07) is 18.7. The monoisotopic (exact) mass is 522 g/mol. The number of benzene rings is 2. The van der Waals surface area contributed by atoms with Crippen molar-refractivity contribution >= 4 is 29.7 Å². The number of nitrogens with zero attached hydrogens (tertiary/aromatic N) is 2. The molecule has 3 aliphatic rings. The lowest BCUT2D eigenvalue weighted by molar-refractivity contribution is -0.162. The highest BCUT2D eigenvalue weighted by molar-refractivity contribution is 8.03. The fraction of sp³-hybridized carbons (Fsp3) is 0.393. The summed E-state index contributed by atoms with van der Waals surface area (Å²) in [6.07, 6.45) is 0.0971. The van der Waals surface area contributed by atoms with Crippen molar-refractivity contribution in [3.63, 3.8) is 0 Å². The maximum atomic E-state index is 13.2. The van der Waals surface area contributed by atoms with Gasteiger partial charge in [-0.3, -0.25) is 4.79 Å². The van der Waals surface area contributed by atoms with Gasteiger partial charge in [-0.15, -0.1) is 11.8 Å². The second-order valence-corrected chi connectivity index (χ2v) is 11.0. The highest BCUT2D eigenvalue weighted by Gasteiger charge is 2.57. The molecular weight excluding hydrogens is 492 g/mol. The maximum absolute atomic E-state index is 13.2. The van der Waals surface area contributed by atoms with Crippen molar-refractivity contribution in [1.29, 1.82) is 0 Å². The van der Waals surface area contributed by atoms with E-state index in [0.29, 0.717) is 19.5 Å². The number of carbonyl (C=O) groups is 3. The van der Waals surface area contributed by atoms with Crippen molar-refractivity contribution < 1.29 is 29.0 Å². The van der Waals surface area contributed by atoms with Crippen LogP contribution < -0.4 is 0 Å². The number of aliphatic hydroxyl groups excluding tert-OH is 1. The van der Waals surface area contributed by atoms with Gasteiger partial charge in [0.15, 0.2) is 0 Å². The third kappa shape index (κ3) is 5.38. The Morgan fingerprint density at radius 2 is 1.65 bits per heavy atom. The summed E-state index contributed by atoms with van der Waals surface area (Å²) in [6.45, 7) is 2.99. The standard InChI is InChI=1S/C28H30N2O6S/c1-18(31)24-22-14-23(25(30(22)26(24)32)27(33)35-16-19-8-4-2-5-9-19)37-21-12-13-29(15-21)28(34)36-17-20-10-6-3-7-11-20/h2-11,18,21-22,24,31H,12-17H2,1H3/t18-,21+,22-,24-/m1/s1. The first-order valence-electron chi connectivity index (χ1n) is 12.5. The molecule has 0 unspecified atom stereocenters. The van der Waals surface area contributed by atoms with Gasteiger partial charge in [-0.25, -0.2) is 9.59 Å². The largest absolute Gasteiger partial charge is 0.456 e. The molecule has 0 spiro atoms. The van der Waals surface area contributed by atoms with E-state index in [2.05, 4.69) is 0 Å². The Hall–Kier alpha value is -3.30. The first kappa shape index (κ1) is 25.4. The zero-order valence-electron chi connectivity index (χ0n) is 20.6. The summed E-state index contributed by atoms with van der Waals surface area (Å²) in [5, 5.41) is 10.2. The second-order valence-electron chi connectivity index (χ2n) is 9.59. The lowest BCUT2D eigenvalue weighted by Gasteiger charge is -2.44. The van der Waals surface area contributed by atoms with Crippen molar-refractivity contribution in [2.75, 3.05) is 13.1 Å². The molecule has 2 amide bonds. The summed E-state index contributed by atoms with van der Waals surface area (Å²) in [5.41, 5.74) is 2.06. The van der Waals surface area contributed by atoms with E-state index in [-0.39, 0.29) is 42.2 Å². The van der Waals surface area contributed by atoms with Gasteiger partial charge in [0.25, 0.3) is 0 Å². The van der Waals surface area contributed by atoms with Crippen LogP contribution in [-0.4, -0.2) is 63.4 Å². The number of thioether (sulfide) groups is 1. The van der Waals surface area contributed by atoms with E-state index in [4.69, 9.17) is 9.47 Å². The minimum absolute atomic E-state index is 0.0648. The summed E-state index contributed by atoms with van der Waals surface area (Å²) >= 11 is 1.53. The highest BCUT2D eigenvalue weighted by atomic mass is 32.2. The molecule has 3 aliphatic heterocycles. The Kier molecular flexibility index (Phi) is 7.53. The van der Waals surface area contributed by atoms with E-state index in [9.17, 15) is 19.5 Å². The Balaban J connectivity index is 1.24. The van der Waals surface area contributed by atoms with E-state index in [1.54, 1.807) is 11.8 Å². The van der Waals surface area contributed by atoms with Crippen LogP contribution in [0.4, 0.5) is 4.79 Å². The first-order valence-corrected chi connectivity index (χ1v) is 13.4. The smallest absolute Gasteiger partial charge is 0.410 e. The van der Waals surface area contributed by atoms with Gasteiger partial charge in [0.1, 0.15) is 18.9 Å². The molecule has 0 aliphatic carbocycles. The van der Waals surface area contributed by atoms with E-state index in [0.717, 1.165) is 22.5 Å². The number of amides is 2. The number of likely N-dealkylation sites (tertiary alicyclic amines) is 1. The molecular formula is C28H30N2O6S. The van der Waals surface area contributed by atoms with Crippen LogP contribution in [0.2, 0.25) is 0 Å². The molecule has 5 rings (SSSR count). The molecule has 0 bridgehead atoms. The summed E-state index contributed by atoms with van der Waals surface area (Å²) in [5.74, 6) is -1.31. The van der Waals surface area contributed by atoms with Gasteiger partial charge in [0, 0.05) is 29.7 Å². The topological polar surface area (TPSA) is 96.4 Å². The van der Waals surface area contributed by atoms with Gasteiger partial charge in [-0.1, -0.05) is 60.7 Å². The summed E-state index contributed by atoms with van der Waals surface area (Å²) < 4.78 is 11.1. The molecule has 3 heterocycles. The lowest BCUT2D eigenvalue weighted by Crippen LogP contribution is -2.61. The van der Waals surface area contributed by atoms with Crippen molar-refractivity contribution in [3.8, 4) is 0 Å². The zero-order chi connectivity index (χ0) is 25.9. The van der Waals surface area contributed by atoms with Crippen LogP contribution in [0.5, 0.6) is 0 Å². The van der Waals surface area contributed by atoms with Crippen molar-refractivity contribution in [1.82, 2.24) is 9.80 Å². The molecule has 37 heavy (non-hydrogen) atoms. The van der Waals surface area contributed by atoms with Gasteiger partial charge in [-0.2, -0.15) is 0 Å². The Morgan fingerprint density at radius 3 is 2.27 bits per heavy atom. The van der Waals surface area contributed by atoms with Crippen LogP contribution in [-0.2, 0) is 32.3 Å². The van der Waals surface area contributed by atoms with Crippen molar-refractivity contribution in [3.05, 3.63) is 82.4 Å². The molecule has 2 saturated heterocycles. The first-order chi connectivity index (χ1) is 17.9. The number of fused-ring (bicyclic) bond motifs is 1. The Bertz CT molecular complexity index is 1190. The van der Waals surface area contributed by atoms with Crippen molar-refractivity contribution in [2.24, 2.45) is 5.92 Å². The van der Waals surface area contributed by atoms with Crippen LogP contribution in [0.3, 0.4) is 0 Å².